The summed E-state index contributed by atoms with van der Waals surface area (Å²) in [5, 5.41) is 8.66. The van der Waals surface area contributed by atoms with E-state index >= 15 is 0 Å². The average molecular weight is 208 g/mol. The topological polar surface area (TPSA) is 27.0 Å². The van der Waals surface area contributed by atoms with E-state index in [1.165, 1.54) is 38.6 Å². The third kappa shape index (κ3) is 4.66. The van der Waals surface area contributed by atoms with Crippen LogP contribution in [0.2, 0.25) is 0 Å². The van der Waals surface area contributed by atoms with Gasteiger partial charge in [0.15, 0.2) is 0 Å². The molecule has 0 spiro atoms. The molecule has 2 nitrogen and oxygen atoms in total. The van der Waals surface area contributed by atoms with E-state index in [0.29, 0.717) is 6.42 Å². The predicted octanol–water partition coefficient (Wildman–Crippen LogP) is 3.19. The number of rotatable bonds is 6. The van der Waals surface area contributed by atoms with Crippen LogP contribution in [0.4, 0.5) is 0 Å². The molecule has 0 radical (unpaired) electrons. The smallest absolute Gasteiger partial charge is 0.0635 e. The third-order valence-electron chi connectivity index (χ3n) is 3.35. The highest BCUT2D eigenvalue weighted by molar-refractivity contribution is 4.80. The zero-order valence-electron chi connectivity index (χ0n) is 10.2. The Hall–Kier alpha value is -0.550. The Labute approximate surface area is 94.3 Å². The Morgan fingerprint density at radius 1 is 1.27 bits per heavy atom. The van der Waals surface area contributed by atoms with Crippen LogP contribution in [0.1, 0.15) is 52.4 Å². The van der Waals surface area contributed by atoms with Crippen molar-refractivity contribution in [2.75, 3.05) is 13.1 Å². The second-order valence-electron chi connectivity index (χ2n) is 5.06. The Balaban J connectivity index is 2.34. The van der Waals surface area contributed by atoms with E-state index in [-0.39, 0.29) is 0 Å². The molecule has 2 heteroatoms. The van der Waals surface area contributed by atoms with Gasteiger partial charge in [-0.2, -0.15) is 5.26 Å². The molecule has 1 aliphatic carbocycles. The summed E-state index contributed by atoms with van der Waals surface area (Å²) in [6.07, 6.45) is 7.42. The van der Waals surface area contributed by atoms with Crippen LogP contribution < -0.4 is 0 Å². The molecule has 0 saturated heterocycles. The van der Waals surface area contributed by atoms with E-state index in [2.05, 4.69) is 24.8 Å². The zero-order valence-corrected chi connectivity index (χ0v) is 10.2. The Bertz CT molecular complexity index is 199. The molecule has 0 heterocycles. The lowest BCUT2D eigenvalue weighted by atomic mass is 10.1. The summed E-state index contributed by atoms with van der Waals surface area (Å²) in [5.74, 6) is 0.774. The van der Waals surface area contributed by atoms with Crippen LogP contribution in [0.3, 0.4) is 0 Å². The highest BCUT2D eigenvalue weighted by Gasteiger charge is 2.21. The van der Waals surface area contributed by atoms with Crippen LogP contribution in [-0.2, 0) is 0 Å². The molecule has 1 aliphatic rings. The largest absolute Gasteiger partial charge is 0.299 e. The first kappa shape index (κ1) is 12.5. The maximum Gasteiger partial charge on any atom is 0.0635 e. The number of hydrogen-bond donors (Lipinski definition) is 0. The van der Waals surface area contributed by atoms with Gasteiger partial charge in [-0.3, -0.25) is 4.90 Å². The van der Waals surface area contributed by atoms with E-state index in [9.17, 15) is 0 Å². The van der Waals surface area contributed by atoms with Crippen molar-refractivity contribution in [2.24, 2.45) is 5.92 Å². The first-order chi connectivity index (χ1) is 7.24. The molecule has 0 aromatic carbocycles. The second kappa shape index (κ2) is 6.85. The maximum absolute atomic E-state index is 8.66. The fourth-order valence-electron chi connectivity index (χ4n) is 2.36. The van der Waals surface area contributed by atoms with Gasteiger partial charge in [0.1, 0.15) is 0 Å². The summed E-state index contributed by atoms with van der Waals surface area (Å²) in [4.78, 5) is 2.55. The molecule has 1 fully saturated rings. The van der Waals surface area contributed by atoms with Gasteiger partial charge in [0.2, 0.25) is 0 Å². The van der Waals surface area contributed by atoms with Crippen LogP contribution in [0.15, 0.2) is 0 Å². The highest BCUT2D eigenvalue weighted by atomic mass is 15.2. The van der Waals surface area contributed by atoms with Gasteiger partial charge in [-0.15, -0.1) is 0 Å². The first-order valence-corrected chi connectivity index (χ1v) is 6.35. The third-order valence-corrected chi connectivity index (χ3v) is 3.35. The van der Waals surface area contributed by atoms with Crippen LogP contribution in [0, 0.1) is 17.2 Å². The molecular formula is C13H24N2. The lowest BCUT2D eigenvalue weighted by molar-refractivity contribution is 0.192. The number of nitrogens with zero attached hydrogens (tertiary/aromatic N) is 2. The number of nitriles is 1. The molecule has 1 saturated carbocycles. The van der Waals surface area contributed by atoms with Crippen LogP contribution in [-0.4, -0.2) is 24.0 Å². The van der Waals surface area contributed by atoms with E-state index in [0.717, 1.165) is 18.5 Å². The van der Waals surface area contributed by atoms with Gasteiger partial charge in [0.05, 0.1) is 6.07 Å². The van der Waals surface area contributed by atoms with Gasteiger partial charge < -0.3 is 0 Å². The maximum atomic E-state index is 8.66. The van der Waals surface area contributed by atoms with Crippen molar-refractivity contribution in [3.05, 3.63) is 0 Å². The highest BCUT2D eigenvalue weighted by Crippen LogP contribution is 2.24. The van der Waals surface area contributed by atoms with Crippen LogP contribution in [0.25, 0.3) is 0 Å². The van der Waals surface area contributed by atoms with Crippen LogP contribution >= 0.6 is 0 Å². The standard InChI is InChI=1S/C13H24N2/c1-12(2)8-11-15(10-5-9-14)13-6-3-4-7-13/h12-13H,3-8,10-11H2,1-2H3. The van der Waals surface area contributed by atoms with E-state index in [4.69, 9.17) is 5.26 Å². The second-order valence-corrected chi connectivity index (χ2v) is 5.06. The summed E-state index contributed by atoms with van der Waals surface area (Å²) >= 11 is 0. The molecule has 0 aliphatic heterocycles. The molecule has 0 aromatic rings. The monoisotopic (exact) mass is 208 g/mol. The summed E-state index contributed by atoms with van der Waals surface area (Å²) < 4.78 is 0. The van der Waals surface area contributed by atoms with Crippen LogP contribution in [0.5, 0.6) is 0 Å². The predicted molar refractivity (Wildman–Crippen MR) is 63.5 cm³/mol. The molecule has 15 heavy (non-hydrogen) atoms. The Kier molecular flexibility index (Phi) is 5.71. The average Bonchev–Trinajstić information content (AvgIpc) is 2.71. The minimum atomic E-state index is 0.689. The Morgan fingerprint density at radius 3 is 2.47 bits per heavy atom. The van der Waals surface area contributed by atoms with Gasteiger partial charge in [-0.1, -0.05) is 26.7 Å². The van der Waals surface area contributed by atoms with Gasteiger partial charge in [0, 0.05) is 19.0 Å². The molecule has 0 atom stereocenters. The molecule has 1 rings (SSSR count). The lowest BCUT2D eigenvalue weighted by Gasteiger charge is -2.28. The van der Waals surface area contributed by atoms with Crippen molar-refractivity contribution in [1.82, 2.24) is 4.90 Å². The fourth-order valence-corrected chi connectivity index (χ4v) is 2.36. The summed E-state index contributed by atoms with van der Waals surface area (Å²) in [6.45, 7) is 6.71. The normalized spacial score (nSPS) is 17.5. The molecular weight excluding hydrogens is 184 g/mol. The minimum Gasteiger partial charge on any atom is -0.299 e. The van der Waals surface area contributed by atoms with Gasteiger partial charge in [0.25, 0.3) is 0 Å². The summed E-state index contributed by atoms with van der Waals surface area (Å²) in [5.41, 5.74) is 0. The van der Waals surface area contributed by atoms with Crippen molar-refractivity contribution in [2.45, 2.75) is 58.4 Å². The van der Waals surface area contributed by atoms with E-state index < -0.39 is 0 Å². The zero-order chi connectivity index (χ0) is 11.1. The summed E-state index contributed by atoms with van der Waals surface area (Å²) in [7, 11) is 0. The SMILES string of the molecule is CC(C)CCN(CCC#N)C1CCCC1. The molecule has 0 amide bonds. The van der Waals surface area contributed by atoms with Crippen molar-refractivity contribution in [3.63, 3.8) is 0 Å². The lowest BCUT2D eigenvalue weighted by Crippen LogP contribution is -2.35. The molecule has 0 bridgehead atoms. The molecule has 0 unspecified atom stereocenters. The molecule has 0 aromatic heterocycles. The quantitative estimate of drug-likeness (QED) is 0.670. The first-order valence-electron chi connectivity index (χ1n) is 6.35. The van der Waals surface area contributed by atoms with E-state index in [1.807, 2.05) is 0 Å². The van der Waals surface area contributed by atoms with Crippen molar-refractivity contribution in [1.29, 1.82) is 5.26 Å². The molecule has 0 N–H and O–H groups in total. The summed E-state index contributed by atoms with van der Waals surface area (Å²) in [6, 6.07) is 3.04. The fraction of sp³-hybridized carbons (Fsp3) is 0.923. The minimum absolute atomic E-state index is 0.689. The van der Waals surface area contributed by atoms with Gasteiger partial charge in [-0.25, -0.2) is 0 Å². The molecule has 86 valence electrons. The van der Waals surface area contributed by atoms with E-state index in [1.54, 1.807) is 0 Å². The van der Waals surface area contributed by atoms with Crippen molar-refractivity contribution in [3.8, 4) is 6.07 Å². The Morgan fingerprint density at radius 2 is 1.93 bits per heavy atom. The van der Waals surface area contributed by atoms with Crippen molar-refractivity contribution < 1.29 is 0 Å². The van der Waals surface area contributed by atoms with Crippen molar-refractivity contribution >= 4 is 0 Å². The van der Waals surface area contributed by atoms with Gasteiger partial charge in [-0.05, 0) is 31.7 Å². The van der Waals surface area contributed by atoms with Gasteiger partial charge >= 0.3 is 0 Å². The number of hydrogen-bond acceptors (Lipinski definition) is 2.